The van der Waals surface area contributed by atoms with Gasteiger partial charge in [-0.05, 0) is 58.4 Å². The van der Waals surface area contributed by atoms with Crippen molar-refractivity contribution in [3.63, 3.8) is 0 Å². The van der Waals surface area contributed by atoms with Gasteiger partial charge in [-0.15, -0.1) is 0 Å². The molecule has 0 radical (unpaired) electrons. The summed E-state index contributed by atoms with van der Waals surface area (Å²) in [4.78, 5) is 11.7. The Bertz CT molecular complexity index is 473. The third-order valence-corrected chi connectivity index (χ3v) is 2.31. The second kappa shape index (κ2) is 5.17. The van der Waals surface area contributed by atoms with E-state index in [0.29, 0.717) is 11.3 Å². The lowest BCUT2D eigenvalue weighted by molar-refractivity contribution is 0.0635. The highest BCUT2D eigenvalue weighted by Gasteiger charge is 2.22. The zero-order chi connectivity index (χ0) is 14.8. The highest BCUT2D eigenvalue weighted by atomic mass is 19.1. The normalized spacial score (nSPS) is 12.2. The zero-order valence-corrected chi connectivity index (χ0v) is 12.0. The Balaban J connectivity index is 2.99. The highest BCUT2D eigenvalue weighted by Crippen LogP contribution is 2.27. The summed E-state index contributed by atoms with van der Waals surface area (Å²) < 4.78 is 18.4. The molecule has 0 saturated carbocycles. The Labute approximate surface area is 113 Å². The smallest absolute Gasteiger partial charge is 0.412 e. The fourth-order valence-electron chi connectivity index (χ4n) is 1.57. The predicted octanol–water partition coefficient (Wildman–Crippen LogP) is 3.37. The first-order chi connectivity index (χ1) is 8.49. The summed E-state index contributed by atoms with van der Waals surface area (Å²) >= 11 is 0. The molecule has 0 aliphatic carbocycles. The van der Waals surface area contributed by atoms with Crippen LogP contribution in [0.3, 0.4) is 0 Å². The molecule has 1 aromatic carbocycles. The van der Waals surface area contributed by atoms with Crippen molar-refractivity contribution >= 4 is 11.8 Å². The van der Waals surface area contributed by atoms with Gasteiger partial charge in [0, 0.05) is 11.2 Å². The zero-order valence-electron chi connectivity index (χ0n) is 12.0. The van der Waals surface area contributed by atoms with Gasteiger partial charge < -0.3 is 10.5 Å². The van der Waals surface area contributed by atoms with Crippen molar-refractivity contribution in [2.75, 3.05) is 5.32 Å². The first kappa shape index (κ1) is 15.4. The summed E-state index contributed by atoms with van der Waals surface area (Å²) in [6.45, 7) is 8.78. The fraction of sp³-hybridized carbons (Fsp3) is 0.500. The minimum absolute atomic E-state index is 0.400. The van der Waals surface area contributed by atoms with Crippen LogP contribution in [0.2, 0.25) is 0 Å². The molecule has 19 heavy (non-hydrogen) atoms. The van der Waals surface area contributed by atoms with Gasteiger partial charge >= 0.3 is 6.09 Å². The number of nitrogens with one attached hydrogen (secondary N) is 1. The van der Waals surface area contributed by atoms with Crippen LogP contribution in [0.25, 0.3) is 0 Å². The monoisotopic (exact) mass is 268 g/mol. The SMILES string of the molecule is CC(C)(C)OC(=O)Nc1ccc(F)cc1C(C)(C)N. The van der Waals surface area contributed by atoms with Crippen LogP contribution in [0.5, 0.6) is 0 Å². The number of ether oxygens (including phenoxy) is 1. The number of amides is 1. The molecule has 0 atom stereocenters. The van der Waals surface area contributed by atoms with Crippen molar-refractivity contribution in [1.29, 1.82) is 0 Å². The molecule has 0 fully saturated rings. The molecule has 0 heterocycles. The largest absolute Gasteiger partial charge is 0.444 e. The summed E-state index contributed by atoms with van der Waals surface area (Å²) in [5.74, 6) is -0.400. The summed E-state index contributed by atoms with van der Waals surface area (Å²) in [5.41, 5.74) is 5.56. The third kappa shape index (κ3) is 4.87. The number of nitrogens with two attached hydrogens (primary N) is 1. The molecule has 0 unspecified atom stereocenters. The van der Waals surface area contributed by atoms with Gasteiger partial charge in [0.25, 0.3) is 0 Å². The molecule has 3 N–H and O–H groups in total. The Kier molecular flexibility index (Phi) is 4.20. The second-order valence-corrected chi connectivity index (χ2v) is 6.04. The molecule has 5 heteroatoms. The molecule has 0 bridgehead atoms. The number of halogens is 1. The maximum absolute atomic E-state index is 13.3. The van der Waals surface area contributed by atoms with Crippen molar-refractivity contribution in [2.24, 2.45) is 5.73 Å². The van der Waals surface area contributed by atoms with Crippen molar-refractivity contribution in [2.45, 2.75) is 45.8 Å². The maximum atomic E-state index is 13.3. The molecular weight excluding hydrogens is 247 g/mol. The lowest BCUT2D eigenvalue weighted by Gasteiger charge is -2.24. The molecule has 106 valence electrons. The van der Waals surface area contributed by atoms with E-state index in [0.717, 1.165) is 0 Å². The van der Waals surface area contributed by atoms with E-state index in [1.54, 1.807) is 34.6 Å². The average molecular weight is 268 g/mol. The first-order valence-corrected chi connectivity index (χ1v) is 6.08. The number of rotatable bonds is 2. The molecular formula is C14H21FN2O2. The highest BCUT2D eigenvalue weighted by molar-refractivity contribution is 5.86. The molecule has 0 aliphatic heterocycles. The number of carbonyl (C=O) groups excluding carboxylic acids is 1. The van der Waals surface area contributed by atoms with Crippen LogP contribution in [-0.2, 0) is 10.3 Å². The summed E-state index contributed by atoms with van der Waals surface area (Å²) in [6.07, 6.45) is -0.593. The van der Waals surface area contributed by atoms with Crippen molar-refractivity contribution < 1.29 is 13.9 Å². The van der Waals surface area contributed by atoms with E-state index in [1.165, 1.54) is 18.2 Å². The van der Waals surface area contributed by atoms with E-state index in [9.17, 15) is 9.18 Å². The lowest BCUT2D eigenvalue weighted by atomic mass is 9.94. The van der Waals surface area contributed by atoms with E-state index in [4.69, 9.17) is 10.5 Å². The average Bonchev–Trinajstić information content (AvgIpc) is 2.16. The molecule has 1 aromatic rings. The quantitative estimate of drug-likeness (QED) is 0.864. The third-order valence-electron chi connectivity index (χ3n) is 2.31. The Morgan fingerprint density at radius 3 is 2.32 bits per heavy atom. The van der Waals surface area contributed by atoms with E-state index in [-0.39, 0.29) is 0 Å². The van der Waals surface area contributed by atoms with Gasteiger partial charge in [-0.1, -0.05) is 0 Å². The molecule has 0 spiro atoms. The topological polar surface area (TPSA) is 64.3 Å². The number of carbonyl (C=O) groups is 1. The number of anilines is 1. The number of hydrogen-bond acceptors (Lipinski definition) is 3. The molecule has 0 aliphatic rings. The first-order valence-electron chi connectivity index (χ1n) is 6.08. The molecule has 0 saturated heterocycles. The van der Waals surface area contributed by atoms with Crippen LogP contribution in [-0.4, -0.2) is 11.7 Å². The van der Waals surface area contributed by atoms with Crippen LogP contribution in [0.4, 0.5) is 14.9 Å². The van der Waals surface area contributed by atoms with Gasteiger partial charge in [0.1, 0.15) is 11.4 Å². The van der Waals surface area contributed by atoms with Gasteiger partial charge in [0.15, 0.2) is 0 Å². The minimum Gasteiger partial charge on any atom is -0.444 e. The van der Waals surface area contributed by atoms with Gasteiger partial charge in [0.05, 0.1) is 0 Å². The Morgan fingerprint density at radius 2 is 1.84 bits per heavy atom. The van der Waals surface area contributed by atoms with Crippen molar-refractivity contribution in [3.8, 4) is 0 Å². The van der Waals surface area contributed by atoms with Gasteiger partial charge in [0.2, 0.25) is 0 Å². The molecule has 0 aromatic heterocycles. The van der Waals surface area contributed by atoms with Crippen LogP contribution in [0.15, 0.2) is 18.2 Å². The number of hydrogen-bond donors (Lipinski definition) is 2. The van der Waals surface area contributed by atoms with Crippen LogP contribution in [0, 0.1) is 5.82 Å². The van der Waals surface area contributed by atoms with Gasteiger partial charge in [-0.25, -0.2) is 9.18 Å². The summed E-state index contributed by atoms with van der Waals surface area (Å²) in [5, 5.41) is 2.59. The van der Waals surface area contributed by atoms with E-state index in [2.05, 4.69) is 5.32 Å². The van der Waals surface area contributed by atoms with Gasteiger partial charge in [-0.2, -0.15) is 0 Å². The predicted molar refractivity (Wildman–Crippen MR) is 73.5 cm³/mol. The van der Waals surface area contributed by atoms with Gasteiger partial charge in [-0.3, -0.25) is 5.32 Å². The van der Waals surface area contributed by atoms with E-state index < -0.39 is 23.1 Å². The number of benzene rings is 1. The van der Waals surface area contributed by atoms with Crippen LogP contribution >= 0.6 is 0 Å². The van der Waals surface area contributed by atoms with Crippen LogP contribution < -0.4 is 11.1 Å². The maximum Gasteiger partial charge on any atom is 0.412 e. The second-order valence-electron chi connectivity index (χ2n) is 6.04. The fourth-order valence-corrected chi connectivity index (χ4v) is 1.57. The standard InChI is InChI=1S/C14H21FN2O2/c1-13(2,3)19-12(18)17-11-7-6-9(15)8-10(11)14(4,5)16/h6-8H,16H2,1-5H3,(H,17,18). The minimum atomic E-state index is -0.771. The van der Waals surface area contributed by atoms with Crippen LogP contribution in [0.1, 0.15) is 40.2 Å². The Morgan fingerprint density at radius 1 is 1.26 bits per heavy atom. The molecule has 1 rings (SSSR count). The summed E-state index contributed by atoms with van der Waals surface area (Å²) in [6, 6.07) is 4.05. The van der Waals surface area contributed by atoms with Crippen molar-refractivity contribution in [1.82, 2.24) is 0 Å². The molecule has 1 amide bonds. The Hall–Kier alpha value is -1.62. The van der Waals surface area contributed by atoms with E-state index in [1.807, 2.05) is 0 Å². The lowest BCUT2D eigenvalue weighted by Crippen LogP contribution is -2.32. The van der Waals surface area contributed by atoms with E-state index >= 15 is 0 Å². The summed E-state index contributed by atoms with van der Waals surface area (Å²) in [7, 11) is 0. The molecule has 4 nitrogen and oxygen atoms in total. The van der Waals surface area contributed by atoms with Crippen molar-refractivity contribution in [3.05, 3.63) is 29.6 Å².